The second kappa shape index (κ2) is 9.17. The summed E-state index contributed by atoms with van der Waals surface area (Å²) < 4.78 is 17.8. The molecule has 0 saturated carbocycles. The number of amidine groups is 1. The van der Waals surface area contributed by atoms with Gasteiger partial charge in [-0.05, 0) is 24.3 Å². The summed E-state index contributed by atoms with van der Waals surface area (Å²) in [6, 6.07) is 5.56. The van der Waals surface area contributed by atoms with Crippen LogP contribution in [0, 0.1) is 5.82 Å². The van der Waals surface area contributed by atoms with E-state index in [4.69, 9.17) is 11.6 Å². The number of methoxy groups -OCH3 is 1. The number of aromatic nitrogens is 3. The normalized spacial score (nSPS) is 11.4. The Labute approximate surface area is 169 Å². The number of fused-ring (bicyclic) bond motifs is 1. The number of ether oxygens (including phenoxy) is 1. The lowest BCUT2D eigenvalue weighted by Gasteiger charge is -2.06. The number of aliphatic imine (C=N–C) groups is 1. The van der Waals surface area contributed by atoms with Crippen molar-refractivity contribution in [3.8, 4) is 0 Å². The summed E-state index contributed by atoms with van der Waals surface area (Å²) in [7, 11) is 1.28. The number of pyridine rings is 1. The van der Waals surface area contributed by atoms with Crippen LogP contribution in [-0.4, -0.2) is 52.3 Å². The molecule has 3 aromatic rings. The summed E-state index contributed by atoms with van der Waals surface area (Å²) in [5.74, 6) is -0.0715. The quantitative estimate of drug-likeness (QED) is 0.178. The van der Waals surface area contributed by atoms with Gasteiger partial charge in [0, 0.05) is 24.8 Å². The highest BCUT2D eigenvalue weighted by atomic mass is 35.5. The number of anilines is 1. The number of nitrogens with zero attached hydrogens (tertiary/aromatic N) is 3. The van der Waals surface area contributed by atoms with Crippen LogP contribution < -0.4 is 16.1 Å². The molecule has 2 heterocycles. The van der Waals surface area contributed by atoms with E-state index >= 15 is 0 Å². The van der Waals surface area contributed by atoms with Crippen LogP contribution in [-0.2, 0) is 4.74 Å². The Morgan fingerprint density at radius 1 is 1.38 bits per heavy atom. The Hall–Kier alpha value is -3.44. The number of H-pyrrole nitrogens is 1. The molecule has 0 spiro atoms. The highest BCUT2D eigenvalue weighted by molar-refractivity contribution is 6.31. The number of hydrogen-bond donors (Lipinski definition) is 5. The Bertz CT molecular complexity index is 1060. The van der Waals surface area contributed by atoms with E-state index < -0.39 is 11.9 Å². The van der Waals surface area contributed by atoms with E-state index in [9.17, 15) is 14.4 Å². The van der Waals surface area contributed by atoms with Gasteiger partial charge in [0.05, 0.1) is 23.3 Å². The van der Waals surface area contributed by atoms with Crippen LogP contribution in [0.25, 0.3) is 11.2 Å². The van der Waals surface area contributed by atoms with Gasteiger partial charge in [0.2, 0.25) is 5.95 Å². The summed E-state index contributed by atoms with van der Waals surface area (Å²) in [4.78, 5) is 26.8. The van der Waals surface area contributed by atoms with Gasteiger partial charge in [-0.15, -0.1) is 0 Å². The summed E-state index contributed by atoms with van der Waals surface area (Å²) in [5, 5.41) is 15.0. The van der Waals surface area contributed by atoms with Crippen molar-refractivity contribution in [2.24, 2.45) is 4.99 Å². The van der Waals surface area contributed by atoms with Crippen molar-refractivity contribution in [1.29, 1.82) is 0 Å². The number of aromatic amines is 1. The fourth-order valence-corrected chi connectivity index (χ4v) is 2.61. The molecule has 152 valence electrons. The van der Waals surface area contributed by atoms with Crippen LogP contribution in [0.4, 0.5) is 20.8 Å². The Balaban J connectivity index is 1.84. The summed E-state index contributed by atoms with van der Waals surface area (Å²) >= 11 is 5.78. The maximum absolute atomic E-state index is 13.3. The van der Waals surface area contributed by atoms with Gasteiger partial charge in [-0.25, -0.2) is 19.2 Å². The minimum Gasteiger partial charge on any atom is -0.453 e. The van der Waals surface area contributed by atoms with E-state index in [1.807, 2.05) is 5.48 Å². The van der Waals surface area contributed by atoms with Gasteiger partial charge in [-0.2, -0.15) is 4.98 Å². The topological polar surface area (TPSA) is 137 Å². The molecule has 0 unspecified atom stereocenters. The lowest BCUT2D eigenvalue weighted by Crippen LogP contribution is -2.28. The van der Waals surface area contributed by atoms with Crippen molar-refractivity contribution in [2.75, 3.05) is 25.5 Å². The van der Waals surface area contributed by atoms with E-state index in [-0.39, 0.29) is 10.9 Å². The summed E-state index contributed by atoms with van der Waals surface area (Å²) in [5.41, 5.74) is 3.73. The van der Waals surface area contributed by atoms with E-state index in [0.29, 0.717) is 41.5 Å². The van der Waals surface area contributed by atoms with Gasteiger partial charge in [-0.3, -0.25) is 10.7 Å². The molecule has 0 bridgehead atoms. The summed E-state index contributed by atoms with van der Waals surface area (Å²) in [6.45, 7) is 0.706. The molecule has 0 atom stereocenters. The van der Waals surface area contributed by atoms with Crippen LogP contribution in [0.1, 0.15) is 5.56 Å². The third-order valence-electron chi connectivity index (χ3n) is 3.77. The minimum atomic E-state index is -0.568. The maximum Gasteiger partial charge on any atom is 0.406 e. The first-order valence-electron chi connectivity index (χ1n) is 8.36. The number of alkyl carbamates (subject to hydrolysis) is 1. The number of amides is 1. The van der Waals surface area contributed by atoms with Gasteiger partial charge in [-0.1, -0.05) is 11.6 Å². The lowest BCUT2D eigenvalue weighted by atomic mass is 10.2. The lowest BCUT2D eigenvalue weighted by molar-refractivity contribution is 0.171. The van der Waals surface area contributed by atoms with Crippen molar-refractivity contribution >= 4 is 46.3 Å². The number of benzene rings is 1. The maximum atomic E-state index is 13.3. The molecule has 0 aliphatic carbocycles. The zero-order valence-electron chi connectivity index (χ0n) is 15.2. The van der Waals surface area contributed by atoms with E-state index in [0.717, 1.165) is 0 Å². The molecule has 0 radical (unpaired) electrons. The average molecular weight is 422 g/mol. The Morgan fingerprint density at radius 2 is 2.21 bits per heavy atom. The molecule has 0 fully saturated rings. The number of hydroxylamine groups is 1. The average Bonchev–Trinajstić information content (AvgIpc) is 3.15. The second-order valence-electron chi connectivity index (χ2n) is 5.66. The number of halogens is 2. The smallest absolute Gasteiger partial charge is 0.406 e. The van der Waals surface area contributed by atoms with Crippen molar-refractivity contribution in [3.63, 3.8) is 0 Å². The second-order valence-corrected chi connectivity index (χ2v) is 6.07. The number of nitrogens with one attached hydrogen (secondary N) is 4. The molecule has 12 heteroatoms. The van der Waals surface area contributed by atoms with Crippen LogP contribution in [0.5, 0.6) is 0 Å². The zero-order valence-corrected chi connectivity index (χ0v) is 15.9. The van der Waals surface area contributed by atoms with Crippen LogP contribution in [0.2, 0.25) is 5.02 Å². The number of imidazole rings is 1. The fourth-order valence-electron chi connectivity index (χ4n) is 2.44. The van der Waals surface area contributed by atoms with Crippen molar-refractivity contribution < 1.29 is 19.1 Å². The van der Waals surface area contributed by atoms with Gasteiger partial charge < -0.3 is 20.4 Å². The first kappa shape index (κ1) is 20.3. The third-order valence-corrected chi connectivity index (χ3v) is 4.06. The van der Waals surface area contributed by atoms with E-state index in [2.05, 4.69) is 35.3 Å². The Morgan fingerprint density at radius 3 is 2.93 bits per heavy atom. The van der Waals surface area contributed by atoms with Gasteiger partial charge >= 0.3 is 6.09 Å². The molecule has 0 saturated heterocycles. The first-order chi connectivity index (χ1) is 14.0. The molecule has 0 aliphatic heterocycles. The van der Waals surface area contributed by atoms with E-state index in [1.54, 1.807) is 6.07 Å². The third kappa shape index (κ3) is 4.89. The van der Waals surface area contributed by atoms with Crippen molar-refractivity contribution in [3.05, 3.63) is 46.9 Å². The number of carbonyl (C=O) groups is 1. The molecule has 2 aromatic heterocycles. The molecule has 29 heavy (non-hydrogen) atoms. The number of rotatable bonds is 6. The van der Waals surface area contributed by atoms with Gasteiger partial charge in [0.1, 0.15) is 5.82 Å². The van der Waals surface area contributed by atoms with Gasteiger partial charge in [0.15, 0.2) is 11.5 Å². The van der Waals surface area contributed by atoms with Crippen molar-refractivity contribution in [1.82, 2.24) is 25.7 Å². The van der Waals surface area contributed by atoms with Crippen LogP contribution in [0.15, 0.2) is 35.5 Å². The van der Waals surface area contributed by atoms with Crippen LogP contribution >= 0.6 is 11.6 Å². The molecule has 3 rings (SSSR count). The minimum absolute atomic E-state index is 0.0858. The molecule has 1 aromatic carbocycles. The highest BCUT2D eigenvalue weighted by Crippen LogP contribution is 2.23. The molecule has 1 amide bonds. The monoisotopic (exact) mass is 421 g/mol. The first-order valence-corrected chi connectivity index (χ1v) is 8.74. The SMILES string of the molecule is COC(=O)NCCNc1nc2nccc(C(=Nc3ccc(F)c(Cl)c3)NO)c2[nH]1. The molecule has 0 aliphatic rings. The van der Waals surface area contributed by atoms with Crippen LogP contribution in [0.3, 0.4) is 0 Å². The standard InChI is InChI=1S/C17H17ClFN7O3/c1-29-17(27)22-7-6-21-16-24-13-10(4-5-20-15(13)25-16)14(26-28)23-9-2-3-12(19)11(18)8-9/h2-5,8,28H,6-7H2,1H3,(H,22,27)(H,23,26)(H2,20,21,24,25). The molecule has 5 N–H and O–H groups in total. The fraction of sp³-hybridized carbons (Fsp3) is 0.176. The summed E-state index contributed by atoms with van der Waals surface area (Å²) in [6.07, 6.45) is 0.974. The molecule has 10 nitrogen and oxygen atoms in total. The molecular weight excluding hydrogens is 405 g/mol. The molecular formula is C17H17ClFN7O3. The predicted octanol–water partition coefficient (Wildman–Crippen LogP) is 2.58. The van der Waals surface area contributed by atoms with Gasteiger partial charge in [0.25, 0.3) is 0 Å². The van der Waals surface area contributed by atoms with Crippen molar-refractivity contribution in [2.45, 2.75) is 0 Å². The number of hydrogen-bond acceptors (Lipinski definition) is 7. The highest BCUT2D eigenvalue weighted by Gasteiger charge is 2.13. The Kier molecular flexibility index (Phi) is 6.42. The van der Waals surface area contributed by atoms with E-state index in [1.165, 1.54) is 31.5 Å². The zero-order chi connectivity index (χ0) is 20.8. The number of carbonyl (C=O) groups excluding carboxylic acids is 1. The predicted molar refractivity (Wildman–Crippen MR) is 105 cm³/mol. The largest absolute Gasteiger partial charge is 0.453 e.